The molecular formula is C18H18ClNO2S. The molecule has 0 radical (unpaired) electrons. The van der Waals surface area contributed by atoms with Gasteiger partial charge in [0.05, 0.1) is 18.6 Å². The summed E-state index contributed by atoms with van der Waals surface area (Å²) in [6, 6.07) is 15.1. The molecule has 0 aliphatic carbocycles. The van der Waals surface area contributed by atoms with Gasteiger partial charge in [-0.1, -0.05) is 41.9 Å². The topological polar surface area (TPSA) is 49.3 Å². The first-order valence-corrected chi connectivity index (χ1v) is 8.94. The fourth-order valence-corrected chi connectivity index (χ4v) is 3.97. The molecule has 2 unspecified atom stereocenters. The van der Waals surface area contributed by atoms with E-state index in [1.807, 2.05) is 23.9 Å². The molecule has 0 fully saturated rings. The summed E-state index contributed by atoms with van der Waals surface area (Å²) in [5.41, 5.74) is 1.86. The highest BCUT2D eigenvalue weighted by molar-refractivity contribution is 7.99. The summed E-state index contributed by atoms with van der Waals surface area (Å²) < 4.78 is 0. The lowest BCUT2D eigenvalue weighted by Gasteiger charge is -2.26. The van der Waals surface area contributed by atoms with Gasteiger partial charge in [-0.15, -0.1) is 11.8 Å². The Morgan fingerprint density at radius 3 is 2.78 bits per heavy atom. The van der Waals surface area contributed by atoms with Crippen molar-refractivity contribution in [1.82, 2.24) is 5.32 Å². The Morgan fingerprint density at radius 1 is 1.26 bits per heavy atom. The lowest BCUT2D eigenvalue weighted by molar-refractivity contribution is -0.123. The fraction of sp³-hybridized carbons (Fsp3) is 0.278. The van der Waals surface area contributed by atoms with Crippen LogP contribution in [0.4, 0.5) is 0 Å². The first-order chi connectivity index (χ1) is 11.1. The molecule has 1 amide bonds. The summed E-state index contributed by atoms with van der Waals surface area (Å²) in [4.78, 5) is 13.5. The van der Waals surface area contributed by atoms with E-state index in [9.17, 15) is 9.90 Å². The van der Waals surface area contributed by atoms with Crippen molar-refractivity contribution in [2.75, 3.05) is 5.75 Å². The lowest BCUT2D eigenvalue weighted by atomic mass is 10.0. The molecule has 3 rings (SSSR count). The number of benzene rings is 2. The average molecular weight is 348 g/mol. The van der Waals surface area contributed by atoms with E-state index in [1.54, 1.807) is 24.3 Å². The first-order valence-electron chi connectivity index (χ1n) is 7.58. The van der Waals surface area contributed by atoms with Gasteiger partial charge in [0.1, 0.15) is 0 Å². The highest BCUT2D eigenvalue weighted by Gasteiger charge is 2.23. The maximum atomic E-state index is 12.3. The number of fused-ring (bicyclic) bond motifs is 1. The zero-order valence-corrected chi connectivity index (χ0v) is 14.1. The molecule has 5 heteroatoms. The number of carbonyl (C=O) groups is 1. The van der Waals surface area contributed by atoms with Crippen LogP contribution in [0.2, 0.25) is 5.02 Å². The smallest absolute Gasteiger partial charge is 0.223 e. The number of thioether (sulfide) groups is 1. The van der Waals surface area contributed by atoms with Gasteiger partial charge in [0.25, 0.3) is 0 Å². The quantitative estimate of drug-likeness (QED) is 0.874. The summed E-state index contributed by atoms with van der Waals surface area (Å²) in [6.45, 7) is 0. The second-order valence-electron chi connectivity index (χ2n) is 5.57. The Bertz CT molecular complexity index is 690. The molecule has 1 aliphatic rings. The van der Waals surface area contributed by atoms with E-state index < -0.39 is 6.10 Å². The highest BCUT2D eigenvalue weighted by atomic mass is 35.5. The monoisotopic (exact) mass is 347 g/mol. The number of aliphatic hydroxyl groups is 1. The third-order valence-corrected chi connectivity index (χ3v) is 5.30. The molecule has 0 spiro atoms. The fourth-order valence-electron chi connectivity index (χ4n) is 2.72. The van der Waals surface area contributed by atoms with Gasteiger partial charge in [0.2, 0.25) is 5.91 Å². The second kappa shape index (κ2) is 7.39. The summed E-state index contributed by atoms with van der Waals surface area (Å²) in [6.07, 6.45) is 0.137. The van der Waals surface area contributed by atoms with E-state index in [-0.39, 0.29) is 18.4 Å². The zero-order chi connectivity index (χ0) is 16.2. The minimum Gasteiger partial charge on any atom is -0.388 e. The van der Waals surface area contributed by atoms with Crippen LogP contribution in [0.15, 0.2) is 53.4 Å². The van der Waals surface area contributed by atoms with E-state index >= 15 is 0 Å². The van der Waals surface area contributed by atoms with Crippen molar-refractivity contribution in [2.45, 2.75) is 29.9 Å². The molecule has 0 saturated carbocycles. The third-order valence-electron chi connectivity index (χ3n) is 3.93. The van der Waals surface area contributed by atoms with E-state index in [0.717, 1.165) is 17.7 Å². The molecule has 2 aromatic carbocycles. The van der Waals surface area contributed by atoms with Crippen LogP contribution in [0.1, 0.15) is 36.1 Å². The van der Waals surface area contributed by atoms with Crippen molar-refractivity contribution in [2.24, 2.45) is 0 Å². The number of halogens is 1. The van der Waals surface area contributed by atoms with E-state index in [0.29, 0.717) is 10.6 Å². The van der Waals surface area contributed by atoms with Crippen LogP contribution in [0.25, 0.3) is 0 Å². The minimum atomic E-state index is -0.819. The first kappa shape index (κ1) is 16.4. The number of nitrogens with one attached hydrogen (secondary N) is 1. The molecule has 3 nitrogen and oxygen atoms in total. The molecule has 2 N–H and O–H groups in total. The Balaban J connectivity index is 1.63. The summed E-state index contributed by atoms with van der Waals surface area (Å²) in [5.74, 6) is 0.848. The van der Waals surface area contributed by atoms with Gasteiger partial charge in [-0.05, 0) is 35.7 Å². The molecule has 2 aromatic rings. The summed E-state index contributed by atoms with van der Waals surface area (Å²) in [7, 11) is 0. The molecule has 0 bridgehead atoms. The SMILES string of the molecule is O=C(CC(O)c1ccc(Cl)cc1)NC1CCSc2ccccc21. The Hall–Kier alpha value is -1.49. The number of aliphatic hydroxyl groups excluding tert-OH is 1. The van der Waals surface area contributed by atoms with Gasteiger partial charge < -0.3 is 10.4 Å². The van der Waals surface area contributed by atoms with Crippen molar-refractivity contribution in [3.05, 3.63) is 64.7 Å². The predicted octanol–water partition coefficient (Wildman–Crippen LogP) is 4.12. The number of carbonyl (C=O) groups excluding carboxylic acids is 1. The average Bonchev–Trinajstić information content (AvgIpc) is 2.55. The molecule has 0 aromatic heterocycles. The van der Waals surface area contributed by atoms with Crippen LogP contribution in [0, 0.1) is 0 Å². The van der Waals surface area contributed by atoms with E-state index in [1.165, 1.54) is 4.90 Å². The maximum absolute atomic E-state index is 12.3. The Kier molecular flexibility index (Phi) is 5.26. The number of hydrogen-bond acceptors (Lipinski definition) is 3. The van der Waals surface area contributed by atoms with Crippen molar-refractivity contribution in [3.63, 3.8) is 0 Å². The van der Waals surface area contributed by atoms with Gasteiger partial charge in [0.15, 0.2) is 0 Å². The van der Waals surface area contributed by atoms with Crippen LogP contribution in [0.5, 0.6) is 0 Å². The maximum Gasteiger partial charge on any atom is 0.223 e. The minimum absolute atomic E-state index is 0.0253. The molecule has 1 heterocycles. The normalized spacial score (nSPS) is 18.1. The van der Waals surface area contributed by atoms with Crippen molar-refractivity contribution >= 4 is 29.3 Å². The van der Waals surface area contributed by atoms with Gasteiger partial charge in [-0.2, -0.15) is 0 Å². The molecule has 2 atom stereocenters. The van der Waals surface area contributed by atoms with Crippen LogP contribution < -0.4 is 5.32 Å². The number of rotatable bonds is 4. The van der Waals surface area contributed by atoms with Gasteiger partial charge >= 0.3 is 0 Å². The lowest BCUT2D eigenvalue weighted by Crippen LogP contribution is -2.31. The van der Waals surface area contributed by atoms with Crippen LogP contribution in [0.3, 0.4) is 0 Å². The van der Waals surface area contributed by atoms with Crippen molar-refractivity contribution in [1.29, 1.82) is 0 Å². The van der Waals surface area contributed by atoms with E-state index in [4.69, 9.17) is 11.6 Å². The highest BCUT2D eigenvalue weighted by Crippen LogP contribution is 2.36. The summed E-state index contributed by atoms with van der Waals surface area (Å²) >= 11 is 7.65. The molecular weight excluding hydrogens is 330 g/mol. The standard InChI is InChI=1S/C18H18ClNO2S/c19-13-7-5-12(6-8-13)16(21)11-18(22)20-15-9-10-23-17-4-2-1-3-14(15)17/h1-8,15-16,21H,9-11H2,(H,20,22). The van der Waals surface area contributed by atoms with Crippen molar-refractivity contribution < 1.29 is 9.90 Å². The molecule has 23 heavy (non-hydrogen) atoms. The summed E-state index contributed by atoms with van der Waals surface area (Å²) in [5, 5.41) is 13.9. The van der Waals surface area contributed by atoms with Crippen LogP contribution in [-0.4, -0.2) is 16.8 Å². The van der Waals surface area contributed by atoms with Crippen LogP contribution >= 0.6 is 23.4 Å². The Morgan fingerprint density at radius 2 is 2.00 bits per heavy atom. The molecule has 1 aliphatic heterocycles. The van der Waals surface area contributed by atoms with E-state index in [2.05, 4.69) is 17.4 Å². The van der Waals surface area contributed by atoms with Gasteiger partial charge in [-0.25, -0.2) is 0 Å². The third kappa shape index (κ3) is 4.08. The van der Waals surface area contributed by atoms with Gasteiger partial charge in [-0.3, -0.25) is 4.79 Å². The number of hydrogen-bond donors (Lipinski definition) is 2. The predicted molar refractivity (Wildman–Crippen MR) is 93.7 cm³/mol. The zero-order valence-electron chi connectivity index (χ0n) is 12.5. The second-order valence-corrected chi connectivity index (χ2v) is 7.14. The number of amides is 1. The van der Waals surface area contributed by atoms with Crippen LogP contribution in [-0.2, 0) is 4.79 Å². The van der Waals surface area contributed by atoms with Crippen molar-refractivity contribution in [3.8, 4) is 0 Å². The molecule has 0 saturated heterocycles. The Labute approximate surface area is 145 Å². The van der Waals surface area contributed by atoms with Gasteiger partial charge in [0, 0.05) is 15.7 Å². The molecule has 120 valence electrons. The largest absolute Gasteiger partial charge is 0.388 e.